The van der Waals surface area contributed by atoms with Gasteiger partial charge in [-0.15, -0.1) is 0 Å². The number of aromatic nitrogens is 4. The summed E-state index contributed by atoms with van der Waals surface area (Å²) >= 11 is 0. The number of H-pyrrole nitrogens is 1. The molecule has 0 aromatic carbocycles. The molecule has 6 heteroatoms. The molecule has 0 fully saturated rings. The number of fused-ring (bicyclic) bond motifs is 1. The van der Waals surface area contributed by atoms with Gasteiger partial charge < -0.3 is 15.4 Å². The van der Waals surface area contributed by atoms with E-state index in [2.05, 4.69) is 25.3 Å². The zero-order valence-corrected chi connectivity index (χ0v) is 7.73. The van der Waals surface area contributed by atoms with Crippen LogP contribution in [-0.4, -0.2) is 37.7 Å². The van der Waals surface area contributed by atoms with E-state index in [-0.39, 0.29) is 12.6 Å². The first-order chi connectivity index (χ1) is 6.81. The molecule has 2 rings (SSSR count). The van der Waals surface area contributed by atoms with Crippen molar-refractivity contribution in [1.29, 1.82) is 0 Å². The van der Waals surface area contributed by atoms with Gasteiger partial charge in [0.25, 0.3) is 0 Å². The molecule has 3 N–H and O–H groups in total. The monoisotopic (exact) mass is 193 g/mol. The minimum Gasteiger partial charge on any atom is -0.394 e. The normalized spacial score (nSPS) is 13.0. The molecule has 2 heterocycles. The van der Waals surface area contributed by atoms with Crippen molar-refractivity contribution in [3.05, 3.63) is 12.7 Å². The maximum absolute atomic E-state index is 8.89. The summed E-state index contributed by atoms with van der Waals surface area (Å²) in [6.45, 7) is 1.92. The van der Waals surface area contributed by atoms with Crippen molar-refractivity contribution in [1.82, 2.24) is 19.9 Å². The van der Waals surface area contributed by atoms with Crippen LogP contribution < -0.4 is 5.32 Å². The van der Waals surface area contributed by atoms with Crippen molar-refractivity contribution in [2.24, 2.45) is 0 Å². The molecule has 1 unspecified atom stereocenters. The van der Waals surface area contributed by atoms with Gasteiger partial charge in [0.15, 0.2) is 11.5 Å². The average Bonchev–Trinajstić information content (AvgIpc) is 2.66. The molecular formula is C8H11N5O. The van der Waals surface area contributed by atoms with E-state index >= 15 is 0 Å². The molecule has 0 aliphatic rings. The van der Waals surface area contributed by atoms with Crippen LogP contribution in [-0.2, 0) is 0 Å². The number of rotatable bonds is 3. The van der Waals surface area contributed by atoms with Crippen LogP contribution in [0.25, 0.3) is 11.2 Å². The highest BCUT2D eigenvalue weighted by atomic mass is 16.3. The van der Waals surface area contributed by atoms with Crippen LogP contribution >= 0.6 is 0 Å². The maximum atomic E-state index is 8.89. The number of aliphatic hydroxyl groups is 1. The average molecular weight is 193 g/mol. The van der Waals surface area contributed by atoms with Crippen LogP contribution in [0.3, 0.4) is 0 Å². The summed E-state index contributed by atoms with van der Waals surface area (Å²) in [5, 5.41) is 11.9. The molecule has 2 aromatic heterocycles. The van der Waals surface area contributed by atoms with Gasteiger partial charge in [0.2, 0.25) is 0 Å². The smallest absolute Gasteiger partial charge is 0.182 e. The highest BCUT2D eigenvalue weighted by molar-refractivity contribution is 5.81. The zero-order valence-electron chi connectivity index (χ0n) is 7.73. The molecule has 0 aliphatic heterocycles. The Morgan fingerprint density at radius 2 is 2.36 bits per heavy atom. The van der Waals surface area contributed by atoms with Crippen LogP contribution in [0.4, 0.5) is 5.82 Å². The molecular weight excluding hydrogens is 182 g/mol. The lowest BCUT2D eigenvalue weighted by Crippen LogP contribution is -2.20. The molecule has 0 amide bonds. The number of anilines is 1. The van der Waals surface area contributed by atoms with E-state index in [1.165, 1.54) is 6.33 Å². The Hall–Kier alpha value is -1.69. The largest absolute Gasteiger partial charge is 0.394 e. The van der Waals surface area contributed by atoms with Gasteiger partial charge in [-0.05, 0) is 6.92 Å². The van der Waals surface area contributed by atoms with E-state index in [1.54, 1.807) is 6.33 Å². The number of aliphatic hydroxyl groups excluding tert-OH is 1. The summed E-state index contributed by atoms with van der Waals surface area (Å²) in [6.07, 6.45) is 3.00. The van der Waals surface area contributed by atoms with Crippen LogP contribution in [0.15, 0.2) is 12.7 Å². The van der Waals surface area contributed by atoms with Crippen molar-refractivity contribution in [2.75, 3.05) is 11.9 Å². The molecule has 0 radical (unpaired) electrons. The van der Waals surface area contributed by atoms with Gasteiger partial charge in [-0.25, -0.2) is 15.0 Å². The third-order valence-electron chi connectivity index (χ3n) is 1.88. The molecule has 0 saturated heterocycles. The lowest BCUT2D eigenvalue weighted by Gasteiger charge is -2.10. The first-order valence-corrected chi connectivity index (χ1v) is 4.32. The Labute approximate surface area is 80.4 Å². The standard InChI is InChI=1S/C8H11N5O/c1-5(2-14)13-8-6-7(10-3-9-6)11-4-12-8/h3-5,14H,2H2,1H3,(H2,9,10,11,12,13). The Balaban J connectivity index is 2.36. The molecule has 1 atom stereocenters. The first-order valence-electron chi connectivity index (χ1n) is 4.32. The highest BCUT2D eigenvalue weighted by Crippen LogP contribution is 2.14. The number of hydrogen-bond donors (Lipinski definition) is 3. The Morgan fingerprint density at radius 3 is 3.14 bits per heavy atom. The van der Waals surface area contributed by atoms with Crippen molar-refractivity contribution < 1.29 is 5.11 Å². The van der Waals surface area contributed by atoms with Gasteiger partial charge in [0.05, 0.1) is 12.9 Å². The third kappa shape index (κ3) is 1.51. The molecule has 14 heavy (non-hydrogen) atoms. The highest BCUT2D eigenvalue weighted by Gasteiger charge is 2.07. The lowest BCUT2D eigenvalue weighted by molar-refractivity contribution is 0.281. The second-order valence-electron chi connectivity index (χ2n) is 3.05. The van der Waals surface area contributed by atoms with Crippen molar-refractivity contribution >= 4 is 17.0 Å². The summed E-state index contributed by atoms with van der Waals surface area (Å²) in [5.41, 5.74) is 1.38. The molecule has 0 saturated carbocycles. The number of hydrogen-bond acceptors (Lipinski definition) is 5. The van der Waals surface area contributed by atoms with E-state index in [0.29, 0.717) is 11.5 Å². The van der Waals surface area contributed by atoms with Gasteiger partial charge in [-0.1, -0.05) is 0 Å². The van der Waals surface area contributed by atoms with Gasteiger partial charge in [-0.2, -0.15) is 0 Å². The number of aromatic amines is 1. The van der Waals surface area contributed by atoms with E-state index in [4.69, 9.17) is 5.11 Å². The fraction of sp³-hybridized carbons (Fsp3) is 0.375. The molecule has 6 nitrogen and oxygen atoms in total. The fourth-order valence-corrected chi connectivity index (χ4v) is 1.15. The predicted molar refractivity (Wildman–Crippen MR) is 51.9 cm³/mol. The predicted octanol–water partition coefficient (Wildman–Crippen LogP) is 0.146. The number of imidazole rings is 1. The molecule has 0 spiro atoms. The van der Waals surface area contributed by atoms with Crippen molar-refractivity contribution in [3.8, 4) is 0 Å². The second-order valence-corrected chi connectivity index (χ2v) is 3.05. The summed E-state index contributed by atoms with van der Waals surface area (Å²) in [7, 11) is 0. The Kier molecular flexibility index (Phi) is 2.28. The second kappa shape index (κ2) is 3.59. The number of nitrogens with zero attached hydrogens (tertiary/aromatic N) is 3. The molecule has 74 valence electrons. The molecule has 0 bridgehead atoms. The van der Waals surface area contributed by atoms with Crippen LogP contribution in [0.1, 0.15) is 6.92 Å². The summed E-state index contributed by atoms with van der Waals surface area (Å²) in [5.74, 6) is 0.661. The zero-order chi connectivity index (χ0) is 9.97. The summed E-state index contributed by atoms with van der Waals surface area (Å²) < 4.78 is 0. The Morgan fingerprint density at radius 1 is 1.50 bits per heavy atom. The maximum Gasteiger partial charge on any atom is 0.182 e. The van der Waals surface area contributed by atoms with E-state index in [0.717, 1.165) is 5.52 Å². The van der Waals surface area contributed by atoms with Gasteiger partial charge in [0, 0.05) is 6.04 Å². The van der Waals surface area contributed by atoms with Crippen molar-refractivity contribution in [2.45, 2.75) is 13.0 Å². The topological polar surface area (TPSA) is 86.7 Å². The van der Waals surface area contributed by atoms with Crippen LogP contribution in [0, 0.1) is 0 Å². The van der Waals surface area contributed by atoms with E-state index in [1.807, 2.05) is 6.92 Å². The molecule has 2 aromatic rings. The van der Waals surface area contributed by atoms with Crippen molar-refractivity contribution in [3.63, 3.8) is 0 Å². The first kappa shape index (κ1) is 8.89. The minimum absolute atomic E-state index is 0.0450. The van der Waals surface area contributed by atoms with Gasteiger partial charge in [-0.3, -0.25) is 0 Å². The third-order valence-corrected chi connectivity index (χ3v) is 1.88. The summed E-state index contributed by atoms with van der Waals surface area (Å²) in [4.78, 5) is 15.0. The quantitative estimate of drug-likeness (QED) is 0.645. The van der Waals surface area contributed by atoms with Gasteiger partial charge >= 0.3 is 0 Å². The summed E-state index contributed by atoms with van der Waals surface area (Å²) in [6, 6.07) is -0.0450. The minimum atomic E-state index is -0.0450. The van der Waals surface area contributed by atoms with E-state index < -0.39 is 0 Å². The molecule has 0 aliphatic carbocycles. The van der Waals surface area contributed by atoms with Crippen LogP contribution in [0.2, 0.25) is 0 Å². The number of nitrogens with one attached hydrogen (secondary N) is 2. The van der Waals surface area contributed by atoms with E-state index in [9.17, 15) is 0 Å². The lowest BCUT2D eigenvalue weighted by atomic mass is 10.3. The fourth-order valence-electron chi connectivity index (χ4n) is 1.15. The SMILES string of the molecule is CC(CO)Nc1ncnc2nc[nH]c12. The van der Waals surface area contributed by atoms with Crippen LogP contribution in [0.5, 0.6) is 0 Å². The Bertz CT molecular complexity index is 426. The van der Waals surface area contributed by atoms with Gasteiger partial charge in [0.1, 0.15) is 11.8 Å².